The number of hydrogen-bond acceptors (Lipinski definition) is 4. The number of piperazine rings is 1. The molecular weight excluding hydrogens is 466 g/mol. The molecule has 2 amide bonds. The highest BCUT2D eigenvalue weighted by molar-refractivity contribution is 6.01. The number of fused-ring (bicyclic) bond motifs is 5. The molecule has 0 radical (unpaired) electrons. The number of para-hydroxylation sites is 1. The molecule has 3 aromatic rings. The van der Waals surface area contributed by atoms with E-state index in [0.29, 0.717) is 24.6 Å². The fraction of sp³-hybridized carbons (Fsp3) is 0.467. The molecule has 1 saturated heterocycles. The van der Waals surface area contributed by atoms with Crippen molar-refractivity contribution in [1.82, 2.24) is 14.8 Å². The number of hydrogen-bond donors (Lipinski definition) is 1. The van der Waals surface area contributed by atoms with Crippen LogP contribution in [0.3, 0.4) is 0 Å². The standard InChI is InChI=1S/C30H37N3O4/c1-6-7-10-15-32-18-26(34)33-17-22(20-13-14-24(37-19(2)3)25(16-20)36-5)27-21-11-8-9-12-23(21)31-28(27)30(33,4)29(32)35/h8-9,11-14,16,19,22,31H,6-7,10,15,17-18H2,1-5H3. The summed E-state index contributed by atoms with van der Waals surface area (Å²) in [4.78, 5) is 34.7. The van der Waals surface area contributed by atoms with Crippen LogP contribution in [0.25, 0.3) is 10.9 Å². The van der Waals surface area contributed by atoms with Gasteiger partial charge in [-0.2, -0.15) is 0 Å². The van der Waals surface area contributed by atoms with Gasteiger partial charge in [0, 0.05) is 29.9 Å². The minimum absolute atomic E-state index is 0.00674. The second-order valence-electron chi connectivity index (χ2n) is 10.6. The number of nitrogens with one attached hydrogen (secondary N) is 1. The summed E-state index contributed by atoms with van der Waals surface area (Å²) in [5.74, 6) is 1.20. The molecule has 2 unspecified atom stereocenters. The zero-order valence-corrected chi connectivity index (χ0v) is 22.5. The van der Waals surface area contributed by atoms with Gasteiger partial charge in [-0.3, -0.25) is 9.59 Å². The molecule has 5 rings (SSSR count). The van der Waals surface area contributed by atoms with Gasteiger partial charge in [0.25, 0.3) is 5.91 Å². The number of carbonyl (C=O) groups excluding carboxylic acids is 2. The van der Waals surface area contributed by atoms with Crippen molar-refractivity contribution in [3.63, 3.8) is 0 Å². The molecule has 1 N–H and O–H groups in total. The molecule has 2 aliphatic rings. The minimum atomic E-state index is -1.07. The molecule has 3 heterocycles. The van der Waals surface area contributed by atoms with Gasteiger partial charge in [0.1, 0.15) is 0 Å². The van der Waals surface area contributed by atoms with Crippen LogP contribution >= 0.6 is 0 Å². The number of rotatable bonds is 8. The highest BCUT2D eigenvalue weighted by atomic mass is 16.5. The lowest BCUT2D eigenvalue weighted by molar-refractivity contribution is -0.166. The van der Waals surface area contributed by atoms with Crippen LogP contribution in [-0.4, -0.2) is 59.4 Å². The zero-order chi connectivity index (χ0) is 26.3. The maximum atomic E-state index is 14.0. The van der Waals surface area contributed by atoms with Crippen LogP contribution in [0, 0.1) is 0 Å². The Bertz CT molecular complexity index is 1330. The summed E-state index contributed by atoms with van der Waals surface area (Å²) >= 11 is 0. The van der Waals surface area contributed by atoms with Gasteiger partial charge in [-0.25, -0.2) is 0 Å². The van der Waals surface area contributed by atoms with E-state index in [1.54, 1.807) is 16.9 Å². The maximum Gasteiger partial charge on any atom is 0.254 e. The Morgan fingerprint density at radius 2 is 1.89 bits per heavy atom. The van der Waals surface area contributed by atoms with E-state index in [0.717, 1.165) is 47.0 Å². The lowest BCUT2D eigenvalue weighted by Crippen LogP contribution is -2.67. The third kappa shape index (κ3) is 4.14. The molecule has 7 heteroatoms. The maximum absolute atomic E-state index is 14.0. The third-order valence-corrected chi connectivity index (χ3v) is 7.80. The molecule has 7 nitrogen and oxygen atoms in total. The summed E-state index contributed by atoms with van der Waals surface area (Å²) in [5, 5.41) is 1.08. The number of aromatic nitrogens is 1. The summed E-state index contributed by atoms with van der Waals surface area (Å²) in [6.45, 7) is 9.17. The molecule has 0 saturated carbocycles. The van der Waals surface area contributed by atoms with Gasteiger partial charge in [-0.05, 0) is 56.5 Å². The zero-order valence-electron chi connectivity index (χ0n) is 22.5. The fourth-order valence-corrected chi connectivity index (χ4v) is 5.96. The van der Waals surface area contributed by atoms with Crippen LogP contribution in [0.15, 0.2) is 42.5 Å². The Balaban J connectivity index is 1.64. The highest BCUT2D eigenvalue weighted by Crippen LogP contribution is 2.49. The third-order valence-electron chi connectivity index (χ3n) is 7.80. The first-order chi connectivity index (χ1) is 17.8. The van der Waals surface area contributed by atoms with Crippen LogP contribution in [-0.2, 0) is 15.1 Å². The summed E-state index contributed by atoms with van der Waals surface area (Å²) in [6.07, 6.45) is 3.03. The summed E-state index contributed by atoms with van der Waals surface area (Å²) in [7, 11) is 1.64. The molecule has 2 aliphatic heterocycles. The minimum Gasteiger partial charge on any atom is -0.493 e. The number of ether oxygens (including phenoxy) is 2. The second-order valence-corrected chi connectivity index (χ2v) is 10.6. The number of carbonyl (C=O) groups is 2. The highest BCUT2D eigenvalue weighted by Gasteiger charge is 2.56. The van der Waals surface area contributed by atoms with E-state index >= 15 is 0 Å². The van der Waals surface area contributed by atoms with E-state index in [-0.39, 0.29) is 30.4 Å². The second kappa shape index (κ2) is 9.77. The molecule has 0 bridgehead atoms. The molecule has 37 heavy (non-hydrogen) atoms. The summed E-state index contributed by atoms with van der Waals surface area (Å²) < 4.78 is 11.6. The predicted molar refractivity (Wildman–Crippen MR) is 144 cm³/mol. The van der Waals surface area contributed by atoms with E-state index in [4.69, 9.17) is 9.47 Å². The normalized spacial score (nSPS) is 21.4. The van der Waals surface area contributed by atoms with Gasteiger partial charge in [0.2, 0.25) is 5.91 Å². The number of amides is 2. The van der Waals surface area contributed by atoms with Crippen molar-refractivity contribution < 1.29 is 19.1 Å². The molecule has 1 fully saturated rings. The Kier molecular flexibility index (Phi) is 6.65. The lowest BCUT2D eigenvalue weighted by Gasteiger charge is -2.51. The van der Waals surface area contributed by atoms with Crippen molar-refractivity contribution in [1.29, 1.82) is 0 Å². The Morgan fingerprint density at radius 1 is 1.11 bits per heavy atom. The average Bonchev–Trinajstić information content (AvgIpc) is 3.28. The quantitative estimate of drug-likeness (QED) is 0.430. The fourth-order valence-electron chi connectivity index (χ4n) is 5.96. The topological polar surface area (TPSA) is 74.9 Å². The number of aromatic amines is 1. The largest absolute Gasteiger partial charge is 0.493 e. The Morgan fingerprint density at radius 3 is 2.62 bits per heavy atom. The van der Waals surface area contributed by atoms with Gasteiger partial charge in [0.15, 0.2) is 17.0 Å². The van der Waals surface area contributed by atoms with E-state index in [1.807, 2.05) is 57.2 Å². The van der Waals surface area contributed by atoms with Crippen LogP contribution < -0.4 is 9.47 Å². The summed E-state index contributed by atoms with van der Waals surface area (Å²) in [5.41, 5.74) is 2.80. The number of benzene rings is 2. The molecule has 0 spiro atoms. The van der Waals surface area contributed by atoms with Crippen molar-refractivity contribution in [2.45, 2.75) is 64.5 Å². The number of unbranched alkanes of at least 4 members (excludes halogenated alkanes) is 2. The Labute approximate surface area is 218 Å². The predicted octanol–water partition coefficient (Wildman–Crippen LogP) is 5.19. The van der Waals surface area contributed by atoms with Crippen molar-refractivity contribution in [2.24, 2.45) is 0 Å². The van der Waals surface area contributed by atoms with Gasteiger partial charge in [0.05, 0.1) is 25.5 Å². The van der Waals surface area contributed by atoms with Gasteiger partial charge < -0.3 is 24.3 Å². The number of H-pyrrole nitrogens is 1. The lowest BCUT2D eigenvalue weighted by atomic mass is 9.76. The van der Waals surface area contributed by atoms with E-state index in [2.05, 4.69) is 18.0 Å². The van der Waals surface area contributed by atoms with Crippen molar-refractivity contribution in [3.05, 3.63) is 59.3 Å². The van der Waals surface area contributed by atoms with Crippen molar-refractivity contribution >= 4 is 22.7 Å². The molecule has 2 atom stereocenters. The number of methoxy groups -OCH3 is 1. The molecule has 196 valence electrons. The van der Waals surface area contributed by atoms with Crippen LogP contribution in [0.2, 0.25) is 0 Å². The van der Waals surface area contributed by atoms with Gasteiger partial charge in [-0.1, -0.05) is 44.0 Å². The molecule has 0 aliphatic carbocycles. The van der Waals surface area contributed by atoms with E-state index < -0.39 is 5.54 Å². The van der Waals surface area contributed by atoms with Crippen molar-refractivity contribution in [3.8, 4) is 11.5 Å². The number of nitrogens with zero attached hydrogens (tertiary/aromatic N) is 2. The molecule has 2 aromatic carbocycles. The smallest absolute Gasteiger partial charge is 0.254 e. The van der Waals surface area contributed by atoms with Crippen LogP contribution in [0.5, 0.6) is 11.5 Å². The van der Waals surface area contributed by atoms with E-state index in [1.165, 1.54) is 0 Å². The first-order valence-corrected chi connectivity index (χ1v) is 13.3. The van der Waals surface area contributed by atoms with Gasteiger partial charge >= 0.3 is 0 Å². The molecular formula is C30H37N3O4. The SMILES string of the molecule is CCCCCN1CC(=O)N2CC(c3ccc(OC(C)C)c(OC)c3)c3c([nH]c4ccccc34)C2(C)C1=O. The monoisotopic (exact) mass is 503 g/mol. The Hall–Kier alpha value is -3.48. The summed E-state index contributed by atoms with van der Waals surface area (Å²) in [6, 6.07) is 14.1. The first-order valence-electron chi connectivity index (χ1n) is 13.3. The van der Waals surface area contributed by atoms with Crippen molar-refractivity contribution in [2.75, 3.05) is 26.7 Å². The van der Waals surface area contributed by atoms with Crippen LogP contribution in [0.4, 0.5) is 0 Å². The average molecular weight is 504 g/mol. The van der Waals surface area contributed by atoms with Crippen LogP contribution in [0.1, 0.15) is 69.7 Å². The molecule has 1 aromatic heterocycles. The first kappa shape index (κ1) is 25.2. The van der Waals surface area contributed by atoms with E-state index in [9.17, 15) is 9.59 Å². The van der Waals surface area contributed by atoms with Gasteiger partial charge in [-0.15, -0.1) is 0 Å².